The quantitative estimate of drug-likeness (QED) is 0.494. The van der Waals surface area contributed by atoms with Crippen molar-refractivity contribution in [3.8, 4) is 5.75 Å². The number of ether oxygens (including phenoxy) is 1. The lowest BCUT2D eigenvalue weighted by Gasteiger charge is -2.09. The van der Waals surface area contributed by atoms with Gasteiger partial charge in [0.25, 0.3) is 5.69 Å². The number of nitro groups is 1. The highest BCUT2D eigenvalue weighted by molar-refractivity contribution is 9.10. The third-order valence-corrected chi connectivity index (χ3v) is 3.82. The first kappa shape index (κ1) is 15.3. The van der Waals surface area contributed by atoms with Gasteiger partial charge in [-0.25, -0.2) is 0 Å². The van der Waals surface area contributed by atoms with Gasteiger partial charge in [-0.05, 0) is 30.3 Å². The highest BCUT2D eigenvalue weighted by Crippen LogP contribution is 2.30. The molecule has 0 fully saturated rings. The van der Waals surface area contributed by atoms with Crippen LogP contribution in [0.4, 0.5) is 5.69 Å². The molecule has 0 saturated carbocycles. The Morgan fingerprint density at radius 3 is 2.50 bits per heavy atom. The summed E-state index contributed by atoms with van der Waals surface area (Å²) in [5.74, 6) is 0.471. The Morgan fingerprint density at radius 1 is 1.15 bits per heavy atom. The van der Waals surface area contributed by atoms with E-state index in [4.69, 9.17) is 16.3 Å². The molecule has 0 aromatic heterocycles. The van der Waals surface area contributed by atoms with E-state index in [1.54, 1.807) is 30.3 Å². The predicted molar refractivity (Wildman–Crippen MR) is 84.3 cm³/mol. The number of hydrogen-bond donors (Lipinski definition) is 0. The molecule has 0 aliphatic rings. The SMILES string of the molecule is O=[N+]([O-])c1cc(Br)ccc1COc1cc(Br)ccc1Cl. The first-order valence-corrected chi connectivity index (χ1v) is 7.44. The molecule has 0 unspecified atom stereocenters. The second-order valence-corrected chi connectivity index (χ2v) is 6.13. The van der Waals surface area contributed by atoms with Crippen LogP contribution < -0.4 is 4.74 Å². The van der Waals surface area contributed by atoms with Crippen molar-refractivity contribution in [1.82, 2.24) is 0 Å². The van der Waals surface area contributed by atoms with E-state index >= 15 is 0 Å². The standard InChI is InChI=1S/C13H8Br2ClNO3/c14-9-2-1-8(12(5-9)17(18)19)7-20-13-6-10(15)3-4-11(13)16/h1-6H,7H2. The van der Waals surface area contributed by atoms with Crippen molar-refractivity contribution in [2.75, 3.05) is 0 Å². The zero-order valence-corrected chi connectivity index (χ0v) is 13.9. The van der Waals surface area contributed by atoms with E-state index < -0.39 is 4.92 Å². The summed E-state index contributed by atoms with van der Waals surface area (Å²) in [7, 11) is 0. The molecule has 7 heteroatoms. The maximum absolute atomic E-state index is 11.0. The molecule has 20 heavy (non-hydrogen) atoms. The van der Waals surface area contributed by atoms with Gasteiger partial charge in [0.1, 0.15) is 12.4 Å². The van der Waals surface area contributed by atoms with Crippen molar-refractivity contribution in [3.63, 3.8) is 0 Å². The summed E-state index contributed by atoms with van der Waals surface area (Å²) in [5.41, 5.74) is 0.486. The molecule has 2 aromatic carbocycles. The van der Waals surface area contributed by atoms with Crippen LogP contribution in [0.1, 0.15) is 5.56 Å². The number of nitro benzene ring substituents is 1. The lowest BCUT2D eigenvalue weighted by atomic mass is 10.2. The summed E-state index contributed by atoms with van der Waals surface area (Å²) < 4.78 is 7.02. The highest BCUT2D eigenvalue weighted by atomic mass is 79.9. The molecule has 0 amide bonds. The van der Waals surface area contributed by atoms with Crippen molar-refractivity contribution in [3.05, 3.63) is 66.0 Å². The molecule has 0 spiro atoms. The molecule has 0 saturated heterocycles. The van der Waals surface area contributed by atoms with E-state index in [9.17, 15) is 10.1 Å². The van der Waals surface area contributed by atoms with Gasteiger partial charge in [-0.3, -0.25) is 10.1 Å². The maximum Gasteiger partial charge on any atom is 0.277 e. The Balaban J connectivity index is 2.23. The van der Waals surface area contributed by atoms with E-state index in [1.165, 1.54) is 6.07 Å². The van der Waals surface area contributed by atoms with Gasteiger partial charge in [0.15, 0.2) is 0 Å². The first-order chi connectivity index (χ1) is 9.47. The number of halogens is 3. The Hall–Kier alpha value is -1.11. The monoisotopic (exact) mass is 419 g/mol. The normalized spacial score (nSPS) is 10.3. The Morgan fingerprint density at radius 2 is 1.80 bits per heavy atom. The minimum atomic E-state index is -0.439. The van der Waals surface area contributed by atoms with Crippen molar-refractivity contribution < 1.29 is 9.66 Å². The van der Waals surface area contributed by atoms with Crippen LogP contribution in [-0.4, -0.2) is 4.92 Å². The Labute approximate surface area is 137 Å². The fourth-order valence-corrected chi connectivity index (χ4v) is 2.43. The molecule has 0 atom stereocenters. The molecule has 2 rings (SSSR count). The summed E-state index contributed by atoms with van der Waals surface area (Å²) in [5, 5.41) is 11.5. The van der Waals surface area contributed by atoms with Crippen LogP contribution >= 0.6 is 43.5 Å². The van der Waals surface area contributed by atoms with Crippen LogP contribution in [0.2, 0.25) is 5.02 Å². The second-order valence-electron chi connectivity index (χ2n) is 3.89. The van der Waals surface area contributed by atoms with Crippen molar-refractivity contribution in [2.24, 2.45) is 0 Å². The zero-order valence-electron chi connectivity index (χ0n) is 9.98. The number of nitrogens with zero attached hydrogens (tertiary/aromatic N) is 1. The number of hydrogen-bond acceptors (Lipinski definition) is 3. The fourth-order valence-electron chi connectivity index (χ4n) is 1.57. The van der Waals surface area contributed by atoms with Crippen molar-refractivity contribution >= 4 is 49.1 Å². The third-order valence-electron chi connectivity index (χ3n) is 2.52. The molecule has 0 bridgehead atoms. The molecule has 0 heterocycles. The largest absolute Gasteiger partial charge is 0.487 e. The summed E-state index contributed by atoms with van der Waals surface area (Å²) in [6.45, 7) is 0.0692. The van der Waals surface area contributed by atoms with E-state index in [1.807, 2.05) is 0 Å². The lowest BCUT2D eigenvalue weighted by Crippen LogP contribution is -2.01. The number of benzene rings is 2. The van der Waals surface area contributed by atoms with Crippen molar-refractivity contribution in [1.29, 1.82) is 0 Å². The molecule has 0 radical (unpaired) electrons. The Bertz CT molecular complexity index is 664. The molecule has 0 N–H and O–H groups in total. The van der Waals surface area contributed by atoms with Gasteiger partial charge < -0.3 is 4.74 Å². The van der Waals surface area contributed by atoms with Crippen LogP contribution in [0.15, 0.2) is 45.3 Å². The smallest absolute Gasteiger partial charge is 0.277 e. The average molecular weight is 421 g/mol. The molecule has 104 valence electrons. The summed E-state index contributed by atoms with van der Waals surface area (Å²) in [6.07, 6.45) is 0. The van der Waals surface area contributed by atoms with Crippen LogP contribution in [0.5, 0.6) is 5.75 Å². The maximum atomic E-state index is 11.0. The van der Waals surface area contributed by atoms with Gasteiger partial charge in [0, 0.05) is 15.0 Å². The molecule has 0 aliphatic carbocycles. The van der Waals surface area contributed by atoms with Crippen molar-refractivity contribution in [2.45, 2.75) is 6.61 Å². The van der Waals surface area contributed by atoms with E-state index in [2.05, 4.69) is 31.9 Å². The minimum Gasteiger partial charge on any atom is -0.487 e. The second kappa shape index (κ2) is 6.56. The molecular weight excluding hydrogens is 413 g/mol. The van der Waals surface area contributed by atoms with Gasteiger partial charge in [0.05, 0.1) is 15.5 Å². The van der Waals surface area contributed by atoms with Crippen LogP contribution in [0.25, 0.3) is 0 Å². The topological polar surface area (TPSA) is 52.4 Å². The van der Waals surface area contributed by atoms with Gasteiger partial charge in [-0.2, -0.15) is 0 Å². The van der Waals surface area contributed by atoms with Gasteiger partial charge in [-0.1, -0.05) is 43.5 Å². The van der Waals surface area contributed by atoms with Gasteiger partial charge >= 0.3 is 0 Å². The van der Waals surface area contributed by atoms with E-state index in [0.717, 1.165) is 4.47 Å². The molecule has 2 aromatic rings. The van der Waals surface area contributed by atoms with E-state index in [0.29, 0.717) is 20.8 Å². The van der Waals surface area contributed by atoms with Crippen LogP contribution in [0.3, 0.4) is 0 Å². The van der Waals surface area contributed by atoms with Gasteiger partial charge in [-0.15, -0.1) is 0 Å². The lowest BCUT2D eigenvalue weighted by molar-refractivity contribution is -0.385. The van der Waals surface area contributed by atoms with E-state index in [-0.39, 0.29) is 12.3 Å². The van der Waals surface area contributed by atoms with Crippen LogP contribution in [-0.2, 0) is 6.61 Å². The summed E-state index contributed by atoms with van der Waals surface area (Å²) in [6, 6.07) is 10.0. The number of rotatable bonds is 4. The molecule has 4 nitrogen and oxygen atoms in total. The first-order valence-electron chi connectivity index (χ1n) is 5.48. The molecule has 0 aliphatic heterocycles. The highest BCUT2D eigenvalue weighted by Gasteiger charge is 2.15. The predicted octanol–water partition coefficient (Wildman–Crippen LogP) is 5.35. The third kappa shape index (κ3) is 3.71. The van der Waals surface area contributed by atoms with Crippen LogP contribution in [0, 0.1) is 10.1 Å². The minimum absolute atomic E-state index is 0.00509. The fraction of sp³-hybridized carbons (Fsp3) is 0.0769. The average Bonchev–Trinajstić information content (AvgIpc) is 2.40. The summed E-state index contributed by atoms with van der Waals surface area (Å²) in [4.78, 5) is 10.6. The Kier molecular flexibility index (Phi) is 5.01. The molecular formula is C13H8Br2ClNO3. The van der Waals surface area contributed by atoms with Gasteiger partial charge in [0.2, 0.25) is 0 Å². The zero-order chi connectivity index (χ0) is 14.7. The summed E-state index contributed by atoms with van der Waals surface area (Å²) >= 11 is 12.5.